The number of hydrogen-bond acceptors (Lipinski definition) is 8. The number of rotatable bonds is 6. The third-order valence-corrected chi connectivity index (χ3v) is 3.83. The normalized spacial score (nSPS) is 29.6. The summed E-state index contributed by atoms with van der Waals surface area (Å²) in [4.78, 5) is 27.9. The van der Waals surface area contributed by atoms with Crippen molar-refractivity contribution in [1.29, 1.82) is 0 Å². The topological polar surface area (TPSA) is 169 Å². The van der Waals surface area contributed by atoms with E-state index in [-0.39, 0.29) is 36.9 Å². The van der Waals surface area contributed by atoms with E-state index in [0.717, 1.165) is 0 Å². The fourth-order valence-electron chi connectivity index (χ4n) is 2.92. The van der Waals surface area contributed by atoms with Gasteiger partial charge in [-0.2, -0.15) is 0 Å². The fourth-order valence-corrected chi connectivity index (χ4v) is 2.92. The van der Waals surface area contributed by atoms with Crippen LogP contribution in [0.3, 0.4) is 0 Å². The van der Waals surface area contributed by atoms with E-state index >= 15 is 0 Å². The Morgan fingerprint density at radius 3 is 1.32 bits per heavy atom. The Balaban J connectivity index is 0.000000280. The van der Waals surface area contributed by atoms with Crippen LogP contribution in [0.5, 0.6) is 0 Å². The minimum atomic E-state index is -0.740. The molecule has 0 aromatic carbocycles. The van der Waals surface area contributed by atoms with Crippen LogP contribution in [-0.4, -0.2) is 60.6 Å². The molecule has 0 N–H and O–H groups in total. The van der Waals surface area contributed by atoms with E-state index in [1.807, 2.05) is 0 Å². The second-order valence-corrected chi connectivity index (χ2v) is 7.23. The minimum Gasteiger partial charge on any atom is -0.344 e. The van der Waals surface area contributed by atoms with E-state index in [2.05, 4.69) is 20.1 Å². The molecule has 0 saturated carbocycles. The SMILES string of the molecule is C[C@@H]1OC(C)(C)O[C@@H]1C(=O)CN=[N+]=[N-].C[C@@H]1OC(C)(C)O[C@@H]1C(=O)CN=[N+]=[N-]. The standard InChI is InChI=1S/2C8H13N3O3/c2*1-5-7(6(12)4-10-11-9)14-8(2,3)13-5/h2*5,7H,4H2,1-3H3/t2*5-,7-/m00/s1. The summed E-state index contributed by atoms with van der Waals surface area (Å²) in [6.07, 6.45) is -1.86. The van der Waals surface area contributed by atoms with Crippen LogP contribution in [0.2, 0.25) is 0 Å². The van der Waals surface area contributed by atoms with E-state index in [4.69, 9.17) is 30.0 Å². The highest BCUT2D eigenvalue weighted by molar-refractivity contribution is 5.86. The van der Waals surface area contributed by atoms with E-state index in [1.54, 1.807) is 41.5 Å². The number of ketones is 2. The average Bonchev–Trinajstić information content (AvgIpc) is 3.03. The summed E-state index contributed by atoms with van der Waals surface area (Å²) in [5.74, 6) is -1.98. The smallest absolute Gasteiger partial charge is 0.170 e. The molecule has 2 aliphatic heterocycles. The molecular formula is C16H26N6O6. The lowest BCUT2D eigenvalue weighted by Gasteiger charge is -2.16. The van der Waals surface area contributed by atoms with Gasteiger partial charge in [-0.1, -0.05) is 10.2 Å². The fraction of sp³-hybridized carbons (Fsp3) is 0.875. The third-order valence-electron chi connectivity index (χ3n) is 3.83. The van der Waals surface area contributed by atoms with Gasteiger partial charge in [0, 0.05) is 9.82 Å². The van der Waals surface area contributed by atoms with Gasteiger partial charge in [-0.3, -0.25) is 9.59 Å². The molecular weight excluding hydrogens is 372 g/mol. The predicted octanol–water partition coefficient (Wildman–Crippen LogP) is 2.81. The number of carbonyl (C=O) groups is 2. The van der Waals surface area contributed by atoms with Gasteiger partial charge in [0.1, 0.15) is 12.2 Å². The van der Waals surface area contributed by atoms with Gasteiger partial charge in [-0.05, 0) is 52.6 Å². The maximum absolute atomic E-state index is 11.4. The van der Waals surface area contributed by atoms with Crippen LogP contribution in [0.4, 0.5) is 0 Å². The first-order chi connectivity index (χ1) is 12.9. The molecule has 2 rings (SSSR count). The highest BCUT2D eigenvalue weighted by Crippen LogP contribution is 2.29. The van der Waals surface area contributed by atoms with Crippen molar-refractivity contribution in [1.82, 2.24) is 0 Å². The second-order valence-electron chi connectivity index (χ2n) is 7.23. The van der Waals surface area contributed by atoms with Crippen LogP contribution in [0.25, 0.3) is 20.9 Å². The Kier molecular flexibility index (Phi) is 8.37. The number of azide groups is 2. The van der Waals surface area contributed by atoms with Crippen LogP contribution in [0, 0.1) is 0 Å². The lowest BCUT2D eigenvalue weighted by atomic mass is 10.1. The van der Waals surface area contributed by atoms with Gasteiger partial charge < -0.3 is 18.9 Å². The largest absolute Gasteiger partial charge is 0.344 e. The molecule has 2 aliphatic rings. The van der Waals surface area contributed by atoms with Gasteiger partial charge >= 0.3 is 0 Å². The zero-order chi connectivity index (χ0) is 21.5. The van der Waals surface area contributed by atoms with Gasteiger partial charge in [-0.15, -0.1) is 0 Å². The van der Waals surface area contributed by atoms with E-state index in [0.29, 0.717) is 0 Å². The van der Waals surface area contributed by atoms with E-state index < -0.39 is 23.8 Å². The summed E-state index contributed by atoms with van der Waals surface area (Å²) in [5.41, 5.74) is 16.1. The molecule has 28 heavy (non-hydrogen) atoms. The van der Waals surface area contributed by atoms with Crippen LogP contribution < -0.4 is 0 Å². The van der Waals surface area contributed by atoms with Crippen molar-refractivity contribution < 1.29 is 28.5 Å². The maximum Gasteiger partial charge on any atom is 0.170 e. The molecule has 2 heterocycles. The lowest BCUT2D eigenvalue weighted by molar-refractivity contribution is -0.153. The molecule has 0 spiro atoms. The molecule has 2 saturated heterocycles. The summed E-state index contributed by atoms with van der Waals surface area (Å²) in [6, 6.07) is 0. The monoisotopic (exact) mass is 398 g/mol. The molecule has 0 aromatic rings. The molecule has 12 heteroatoms. The summed E-state index contributed by atoms with van der Waals surface area (Å²) < 4.78 is 21.5. The predicted molar refractivity (Wildman–Crippen MR) is 97.0 cm³/mol. The van der Waals surface area contributed by atoms with Crippen molar-refractivity contribution in [3.8, 4) is 0 Å². The second kappa shape index (κ2) is 9.83. The first-order valence-electron chi connectivity index (χ1n) is 8.71. The summed E-state index contributed by atoms with van der Waals surface area (Å²) >= 11 is 0. The van der Waals surface area contributed by atoms with Crippen molar-refractivity contribution in [3.05, 3.63) is 20.9 Å². The first kappa shape index (κ1) is 23.8. The van der Waals surface area contributed by atoms with Crippen molar-refractivity contribution in [3.63, 3.8) is 0 Å². The van der Waals surface area contributed by atoms with Crippen LogP contribution >= 0.6 is 0 Å². The Morgan fingerprint density at radius 1 is 0.786 bits per heavy atom. The van der Waals surface area contributed by atoms with Gasteiger partial charge in [0.15, 0.2) is 23.1 Å². The molecule has 156 valence electrons. The third kappa shape index (κ3) is 7.08. The summed E-state index contributed by atoms with van der Waals surface area (Å²) in [7, 11) is 0. The number of nitrogens with zero attached hydrogens (tertiary/aromatic N) is 6. The molecule has 4 atom stereocenters. The van der Waals surface area contributed by atoms with Gasteiger partial charge in [0.2, 0.25) is 0 Å². The molecule has 0 aromatic heterocycles. The molecule has 0 unspecified atom stereocenters. The van der Waals surface area contributed by atoms with Crippen LogP contribution in [0.1, 0.15) is 41.5 Å². The molecule has 0 bridgehead atoms. The lowest BCUT2D eigenvalue weighted by Crippen LogP contribution is -2.31. The van der Waals surface area contributed by atoms with Gasteiger partial charge in [-0.25, -0.2) is 0 Å². The first-order valence-corrected chi connectivity index (χ1v) is 8.71. The number of ether oxygens (including phenoxy) is 4. The molecule has 12 nitrogen and oxygen atoms in total. The maximum atomic E-state index is 11.4. The Labute approximate surface area is 162 Å². The van der Waals surface area contributed by atoms with Crippen molar-refractivity contribution in [2.45, 2.75) is 77.5 Å². The molecule has 0 radical (unpaired) electrons. The van der Waals surface area contributed by atoms with Crippen molar-refractivity contribution in [2.24, 2.45) is 10.2 Å². The van der Waals surface area contributed by atoms with Gasteiger partial charge in [0.05, 0.1) is 25.3 Å². The van der Waals surface area contributed by atoms with E-state index in [1.165, 1.54) is 0 Å². The highest BCUT2D eigenvalue weighted by atomic mass is 16.8. The zero-order valence-corrected chi connectivity index (χ0v) is 16.9. The zero-order valence-electron chi connectivity index (χ0n) is 16.9. The highest BCUT2D eigenvalue weighted by Gasteiger charge is 2.42. The van der Waals surface area contributed by atoms with Crippen molar-refractivity contribution >= 4 is 11.6 Å². The number of hydrogen-bond donors (Lipinski definition) is 0. The summed E-state index contributed by atoms with van der Waals surface area (Å²) in [5, 5.41) is 6.39. The van der Waals surface area contributed by atoms with Gasteiger partial charge in [0.25, 0.3) is 0 Å². The quantitative estimate of drug-likeness (QED) is 0.378. The van der Waals surface area contributed by atoms with Crippen molar-refractivity contribution in [2.75, 3.05) is 13.1 Å². The Morgan fingerprint density at radius 2 is 1.11 bits per heavy atom. The average molecular weight is 398 g/mol. The molecule has 0 amide bonds. The number of Topliss-reactive ketones (excluding diaryl/α,β-unsaturated/α-hetero) is 2. The Bertz CT molecular complexity index is 625. The van der Waals surface area contributed by atoms with Crippen LogP contribution in [0.15, 0.2) is 10.2 Å². The van der Waals surface area contributed by atoms with E-state index in [9.17, 15) is 9.59 Å². The molecule has 0 aliphatic carbocycles. The summed E-state index contributed by atoms with van der Waals surface area (Å²) in [6.45, 7) is 10.1. The Hall–Kier alpha value is -2.20. The number of carbonyl (C=O) groups excluding carboxylic acids is 2. The molecule has 2 fully saturated rings. The minimum absolute atomic E-state index is 0.190. The van der Waals surface area contributed by atoms with Crippen LogP contribution in [-0.2, 0) is 28.5 Å².